The summed E-state index contributed by atoms with van der Waals surface area (Å²) in [6, 6.07) is 10.3. The Morgan fingerprint density at radius 2 is 2.12 bits per heavy atom. The van der Waals surface area contributed by atoms with Crippen molar-refractivity contribution >= 4 is 12.0 Å². The Labute approximate surface area is 95.8 Å². The summed E-state index contributed by atoms with van der Waals surface area (Å²) in [7, 11) is 1.93. The van der Waals surface area contributed by atoms with E-state index in [1.807, 2.05) is 48.6 Å². The van der Waals surface area contributed by atoms with E-state index >= 15 is 0 Å². The Hall–Kier alpha value is -1.64. The second kappa shape index (κ2) is 4.92. The van der Waals surface area contributed by atoms with Crippen LogP contribution in [0.3, 0.4) is 0 Å². The predicted molar refractivity (Wildman–Crippen MR) is 64.4 cm³/mol. The summed E-state index contributed by atoms with van der Waals surface area (Å²) in [6.45, 7) is 0. The smallest absolute Gasteiger partial charge is 0.135 e. The van der Waals surface area contributed by atoms with Crippen molar-refractivity contribution in [2.45, 2.75) is 25.3 Å². The van der Waals surface area contributed by atoms with E-state index in [0.29, 0.717) is 18.6 Å². The van der Waals surface area contributed by atoms with Gasteiger partial charge in [0.1, 0.15) is 5.78 Å². The number of rotatable bonds is 3. The molecule has 0 radical (unpaired) electrons. The highest BCUT2D eigenvalue weighted by Crippen LogP contribution is 2.19. The molecule has 0 aliphatic heterocycles. The van der Waals surface area contributed by atoms with Gasteiger partial charge in [-0.3, -0.25) is 9.80 Å². The first-order chi connectivity index (χ1) is 7.75. The van der Waals surface area contributed by atoms with Crippen LogP contribution in [0.5, 0.6) is 0 Å². The van der Waals surface area contributed by atoms with E-state index in [4.69, 9.17) is 0 Å². The molecule has 0 bridgehead atoms. The molecule has 3 nitrogen and oxygen atoms in total. The molecular weight excluding hydrogens is 200 g/mol. The van der Waals surface area contributed by atoms with Crippen LogP contribution >= 0.6 is 0 Å². The maximum atomic E-state index is 11.2. The lowest BCUT2D eigenvalue weighted by atomic mass is 10.2. The first-order valence-corrected chi connectivity index (χ1v) is 5.59. The van der Waals surface area contributed by atoms with Crippen molar-refractivity contribution in [2.24, 2.45) is 5.10 Å². The molecule has 1 fully saturated rings. The number of hydrogen-bond acceptors (Lipinski definition) is 3. The number of carbonyl (C=O) groups is 1. The molecule has 1 aliphatic rings. The van der Waals surface area contributed by atoms with E-state index in [1.54, 1.807) is 0 Å². The first-order valence-electron chi connectivity index (χ1n) is 5.59. The second-order valence-corrected chi connectivity index (χ2v) is 4.16. The quantitative estimate of drug-likeness (QED) is 0.572. The van der Waals surface area contributed by atoms with Crippen LogP contribution in [0.4, 0.5) is 0 Å². The predicted octanol–water partition coefficient (Wildman–Crippen LogP) is 2.07. The van der Waals surface area contributed by atoms with Gasteiger partial charge in [0, 0.05) is 19.9 Å². The number of ketones is 1. The number of carbonyl (C=O) groups excluding carboxylic acids is 1. The van der Waals surface area contributed by atoms with Crippen LogP contribution in [-0.4, -0.2) is 30.1 Å². The van der Waals surface area contributed by atoms with Crippen LogP contribution in [0.15, 0.2) is 35.4 Å². The number of hydrogen-bond donors (Lipinski definition) is 0. The molecule has 0 aromatic heterocycles. The van der Waals surface area contributed by atoms with Gasteiger partial charge in [-0.05, 0) is 12.0 Å². The van der Waals surface area contributed by atoms with E-state index in [0.717, 1.165) is 12.0 Å². The second-order valence-electron chi connectivity index (χ2n) is 4.16. The van der Waals surface area contributed by atoms with Crippen molar-refractivity contribution in [1.82, 2.24) is 5.01 Å². The summed E-state index contributed by atoms with van der Waals surface area (Å²) in [5.74, 6) is 0.353. The molecule has 84 valence electrons. The van der Waals surface area contributed by atoms with Gasteiger partial charge in [-0.1, -0.05) is 30.3 Å². The van der Waals surface area contributed by atoms with E-state index < -0.39 is 0 Å². The molecule has 0 amide bonds. The minimum absolute atomic E-state index is 0.285. The van der Waals surface area contributed by atoms with Gasteiger partial charge < -0.3 is 0 Å². The molecule has 1 aromatic carbocycles. The molecule has 0 saturated heterocycles. The molecule has 1 aliphatic carbocycles. The minimum atomic E-state index is 0.285. The molecule has 1 saturated carbocycles. The Kier molecular flexibility index (Phi) is 3.34. The Morgan fingerprint density at radius 3 is 2.75 bits per heavy atom. The lowest BCUT2D eigenvalue weighted by Crippen LogP contribution is -2.24. The summed E-state index contributed by atoms with van der Waals surface area (Å²) in [6.07, 6.45) is 4.11. The van der Waals surface area contributed by atoms with Crippen molar-refractivity contribution in [3.8, 4) is 0 Å². The zero-order valence-electron chi connectivity index (χ0n) is 9.47. The highest BCUT2D eigenvalue weighted by molar-refractivity contribution is 5.81. The minimum Gasteiger partial charge on any atom is -0.300 e. The normalized spacial score (nSPS) is 20.6. The Balaban J connectivity index is 1.94. The van der Waals surface area contributed by atoms with Gasteiger partial charge in [0.25, 0.3) is 0 Å². The molecule has 3 heteroatoms. The van der Waals surface area contributed by atoms with Crippen molar-refractivity contribution in [3.05, 3.63) is 35.9 Å². The number of benzene rings is 1. The largest absolute Gasteiger partial charge is 0.300 e. The van der Waals surface area contributed by atoms with Crippen molar-refractivity contribution < 1.29 is 4.79 Å². The number of nitrogens with zero attached hydrogens (tertiary/aromatic N) is 2. The zero-order chi connectivity index (χ0) is 11.4. The topological polar surface area (TPSA) is 32.7 Å². The van der Waals surface area contributed by atoms with Crippen LogP contribution < -0.4 is 0 Å². The lowest BCUT2D eigenvalue weighted by molar-refractivity contribution is -0.117. The maximum Gasteiger partial charge on any atom is 0.135 e. The van der Waals surface area contributed by atoms with E-state index in [1.165, 1.54) is 0 Å². The number of hydrazone groups is 1. The fraction of sp³-hybridized carbons (Fsp3) is 0.385. The van der Waals surface area contributed by atoms with Crippen LogP contribution in [-0.2, 0) is 4.79 Å². The zero-order valence-corrected chi connectivity index (χ0v) is 9.47. The summed E-state index contributed by atoms with van der Waals surface area (Å²) in [4.78, 5) is 11.2. The van der Waals surface area contributed by atoms with Crippen LogP contribution in [0.25, 0.3) is 0 Å². The summed E-state index contributed by atoms with van der Waals surface area (Å²) >= 11 is 0. The fourth-order valence-corrected chi connectivity index (χ4v) is 1.90. The third-order valence-electron chi connectivity index (χ3n) is 2.94. The third-order valence-corrected chi connectivity index (χ3v) is 2.94. The maximum absolute atomic E-state index is 11.2. The van der Waals surface area contributed by atoms with Crippen molar-refractivity contribution in [2.75, 3.05) is 7.05 Å². The van der Waals surface area contributed by atoms with Crippen molar-refractivity contribution in [3.63, 3.8) is 0 Å². The van der Waals surface area contributed by atoms with Gasteiger partial charge >= 0.3 is 0 Å². The standard InChI is InChI=1S/C13H16N2O/c1-15(12-7-8-13(16)9-12)14-10-11-5-3-2-4-6-11/h2-6,10,12H,7-9H2,1H3/b14-10+/t12-/m0/s1. The molecule has 1 aromatic rings. The summed E-state index contributed by atoms with van der Waals surface area (Å²) in [5.41, 5.74) is 1.08. The summed E-state index contributed by atoms with van der Waals surface area (Å²) < 4.78 is 0. The highest BCUT2D eigenvalue weighted by Gasteiger charge is 2.24. The average Bonchev–Trinajstić information content (AvgIpc) is 2.74. The van der Waals surface area contributed by atoms with Gasteiger partial charge in [-0.25, -0.2) is 0 Å². The third kappa shape index (κ3) is 2.69. The monoisotopic (exact) mass is 216 g/mol. The van der Waals surface area contributed by atoms with Gasteiger partial charge in [0.2, 0.25) is 0 Å². The molecule has 0 N–H and O–H groups in total. The molecule has 0 heterocycles. The van der Waals surface area contributed by atoms with Crippen LogP contribution in [0.2, 0.25) is 0 Å². The van der Waals surface area contributed by atoms with Gasteiger partial charge in [-0.15, -0.1) is 0 Å². The number of Topliss-reactive ketones (excluding diaryl/α,β-unsaturated/α-hetero) is 1. The lowest BCUT2D eigenvalue weighted by Gasteiger charge is -2.19. The van der Waals surface area contributed by atoms with E-state index in [-0.39, 0.29) is 6.04 Å². The molecule has 0 spiro atoms. The Bertz CT molecular complexity index is 386. The molecular formula is C13H16N2O. The summed E-state index contributed by atoms with van der Waals surface area (Å²) in [5, 5.41) is 6.27. The first kappa shape index (κ1) is 10.9. The molecule has 1 atom stereocenters. The Morgan fingerprint density at radius 1 is 1.38 bits per heavy atom. The molecule has 0 unspecified atom stereocenters. The van der Waals surface area contributed by atoms with Crippen LogP contribution in [0, 0.1) is 0 Å². The van der Waals surface area contributed by atoms with Gasteiger partial charge in [0.05, 0.1) is 12.3 Å². The average molecular weight is 216 g/mol. The van der Waals surface area contributed by atoms with E-state index in [2.05, 4.69) is 5.10 Å². The van der Waals surface area contributed by atoms with Gasteiger partial charge in [-0.2, -0.15) is 5.10 Å². The van der Waals surface area contributed by atoms with Crippen LogP contribution in [0.1, 0.15) is 24.8 Å². The van der Waals surface area contributed by atoms with E-state index in [9.17, 15) is 4.79 Å². The molecule has 2 rings (SSSR count). The SMILES string of the molecule is CN(/N=C/c1ccccc1)[C@H]1CCC(=O)C1. The highest BCUT2D eigenvalue weighted by atomic mass is 16.1. The fourth-order valence-electron chi connectivity index (χ4n) is 1.90. The molecule has 16 heavy (non-hydrogen) atoms. The van der Waals surface area contributed by atoms with Crippen molar-refractivity contribution in [1.29, 1.82) is 0 Å². The van der Waals surface area contributed by atoms with Gasteiger partial charge in [0.15, 0.2) is 0 Å².